The average Bonchev–Trinajstić information content (AvgIpc) is 2.24. The van der Waals surface area contributed by atoms with Crippen molar-refractivity contribution in [3.63, 3.8) is 0 Å². The number of halogens is 1. The number of aryl methyl sites for hydroxylation is 1. The van der Waals surface area contributed by atoms with Crippen LogP contribution in [0, 0.1) is 10.5 Å². The zero-order valence-electron chi connectivity index (χ0n) is 9.30. The maximum absolute atomic E-state index is 4.07. The van der Waals surface area contributed by atoms with Crippen LogP contribution in [0.25, 0.3) is 0 Å². The second-order valence-electron chi connectivity index (χ2n) is 3.84. The van der Waals surface area contributed by atoms with Gasteiger partial charge in [0, 0.05) is 9.49 Å². The van der Waals surface area contributed by atoms with Crippen LogP contribution in [0.1, 0.15) is 36.8 Å². The Morgan fingerprint density at radius 3 is 2.73 bits per heavy atom. The highest BCUT2D eigenvalue weighted by Gasteiger charge is 2.04. The van der Waals surface area contributed by atoms with E-state index in [1.165, 1.54) is 34.0 Å². The van der Waals surface area contributed by atoms with Crippen molar-refractivity contribution in [2.24, 2.45) is 0 Å². The Balaban J connectivity index is 2.89. The van der Waals surface area contributed by atoms with Crippen LogP contribution in [0.2, 0.25) is 0 Å². The van der Waals surface area contributed by atoms with Crippen molar-refractivity contribution in [1.82, 2.24) is 0 Å². The van der Waals surface area contributed by atoms with Crippen molar-refractivity contribution < 1.29 is 0 Å². The van der Waals surface area contributed by atoms with Gasteiger partial charge in [-0.05, 0) is 65.6 Å². The van der Waals surface area contributed by atoms with E-state index >= 15 is 0 Å². The van der Waals surface area contributed by atoms with Gasteiger partial charge in [0.1, 0.15) is 0 Å². The Hall–Kier alpha value is -0.310. The van der Waals surface area contributed by atoms with E-state index in [0.717, 1.165) is 0 Å². The Labute approximate surface area is 107 Å². The standard InChI is InChI=1S/C14H18I/c1-4-6-7-12-8-13(11(3)5-2)10-14(15)9-12/h5,8-11H,2-4,6-7H2,1H3. The van der Waals surface area contributed by atoms with E-state index in [1.807, 2.05) is 6.08 Å². The topological polar surface area (TPSA) is 0 Å². The van der Waals surface area contributed by atoms with Gasteiger partial charge in [0.15, 0.2) is 0 Å². The molecule has 0 saturated heterocycles. The van der Waals surface area contributed by atoms with Gasteiger partial charge in [-0.15, -0.1) is 6.58 Å². The molecule has 0 amide bonds. The van der Waals surface area contributed by atoms with Gasteiger partial charge in [-0.3, -0.25) is 0 Å². The Morgan fingerprint density at radius 1 is 1.40 bits per heavy atom. The van der Waals surface area contributed by atoms with Crippen LogP contribution in [0.4, 0.5) is 0 Å². The molecule has 1 aromatic rings. The van der Waals surface area contributed by atoms with Crippen LogP contribution in [-0.4, -0.2) is 0 Å². The molecule has 1 rings (SSSR count). The first-order chi connectivity index (χ1) is 7.17. The summed E-state index contributed by atoms with van der Waals surface area (Å²) in [5, 5.41) is 0. The maximum atomic E-state index is 4.07. The van der Waals surface area contributed by atoms with E-state index in [9.17, 15) is 0 Å². The summed E-state index contributed by atoms with van der Waals surface area (Å²) in [6.07, 6.45) is 5.57. The van der Waals surface area contributed by atoms with E-state index in [4.69, 9.17) is 0 Å². The number of rotatable bonds is 5. The molecule has 0 aliphatic carbocycles. The molecule has 1 radical (unpaired) electrons. The number of allylic oxidation sites excluding steroid dienone is 1. The molecule has 0 saturated carbocycles. The van der Waals surface area contributed by atoms with Crippen molar-refractivity contribution >= 4 is 22.6 Å². The van der Waals surface area contributed by atoms with E-state index in [-0.39, 0.29) is 5.92 Å². The predicted octanol–water partition coefficient (Wildman–Crippen LogP) is 4.74. The molecule has 1 unspecified atom stereocenters. The first-order valence-electron chi connectivity index (χ1n) is 5.42. The largest absolute Gasteiger partial charge is 0.102 e. The van der Waals surface area contributed by atoms with E-state index in [2.05, 4.69) is 61.2 Å². The normalized spacial score (nSPS) is 12.5. The fraction of sp³-hybridized carbons (Fsp3) is 0.357. The average molecular weight is 313 g/mol. The van der Waals surface area contributed by atoms with Crippen LogP contribution >= 0.6 is 22.6 Å². The molecule has 81 valence electrons. The molecule has 15 heavy (non-hydrogen) atoms. The quantitative estimate of drug-likeness (QED) is 0.544. The van der Waals surface area contributed by atoms with Gasteiger partial charge in [-0.1, -0.05) is 25.5 Å². The second-order valence-corrected chi connectivity index (χ2v) is 5.08. The fourth-order valence-corrected chi connectivity index (χ4v) is 2.31. The zero-order valence-corrected chi connectivity index (χ0v) is 11.5. The summed E-state index contributed by atoms with van der Waals surface area (Å²) in [6.45, 7) is 10.1. The molecule has 1 heteroatoms. The Bertz CT molecular complexity index is 328. The zero-order chi connectivity index (χ0) is 11.3. The first-order valence-corrected chi connectivity index (χ1v) is 6.50. The molecule has 0 aromatic heterocycles. The van der Waals surface area contributed by atoms with E-state index in [1.54, 1.807) is 0 Å². The van der Waals surface area contributed by atoms with E-state index < -0.39 is 0 Å². The van der Waals surface area contributed by atoms with E-state index in [0.29, 0.717) is 0 Å². The van der Waals surface area contributed by atoms with Crippen LogP contribution in [0.15, 0.2) is 30.9 Å². The molecule has 0 spiro atoms. The smallest absolute Gasteiger partial charge is 0.0136 e. The van der Waals surface area contributed by atoms with Crippen LogP contribution in [0.5, 0.6) is 0 Å². The fourth-order valence-electron chi connectivity index (χ4n) is 1.55. The summed E-state index contributed by atoms with van der Waals surface area (Å²) in [5.74, 6) is 0.208. The summed E-state index contributed by atoms with van der Waals surface area (Å²) >= 11 is 2.37. The van der Waals surface area contributed by atoms with Gasteiger partial charge < -0.3 is 0 Å². The summed E-state index contributed by atoms with van der Waals surface area (Å²) < 4.78 is 1.30. The SMILES string of the molecule is [CH2]C(C=C)c1cc(I)cc(CCCC)c1. The molecule has 0 aliphatic rings. The van der Waals surface area contributed by atoms with Crippen molar-refractivity contribution in [2.45, 2.75) is 32.1 Å². The van der Waals surface area contributed by atoms with Gasteiger partial charge in [0.25, 0.3) is 0 Å². The van der Waals surface area contributed by atoms with Crippen LogP contribution in [0.3, 0.4) is 0 Å². The molecule has 1 aromatic carbocycles. The minimum absolute atomic E-state index is 0.208. The minimum Gasteiger partial charge on any atom is -0.102 e. The van der Waals surface area contributed by atoms with Crippen LogP contribution in [-0.2, 0) is 6.42 Å². The third-order valence-corrected chi connectivity index (χ3v) is 3.13. The van der Waals surface area contributed by atoms with Gasteiger partial charge >= 0.3 is 0 Å². The predicted molar refractivity (Wildman–Crippen MR) is 76.1 cm³/mol. The molecule has 0 aliphatic heterocycles. The molecule has 1 atom stereocenters. The van der Waals surface area contributed by atoms with Crippen LogP contribution < -0.4 is 0 Å². The highest BCUT2D eigenvalue weighted by atomic mass is 127. The number of hydrogen-bond acceptors (Lipinski definition) is 0. The number of unbranched alkanes of at least 4 members (excludes halogenated alkanes) is 1. The third-order valence-electron chi connectivity index (χ3n) is 2.51. The maximum Gasteiger partial charge on any atom is 0.0136 e. The summed E-state index contributed by atoms with van der Waals surface area (Å²) in [6, 6.07) is 6.71. The van der Waals surface area contributed by atoms with Gasteiger partial charge in [0.05, 0.1) is 0 Å². The lowest BCUT2D eigenvalue weighted by Crippen LogP contribution is -1.94. The molecule has 0 N–H and O–H groups in total. The summed E-state index contributed by atoms with van der Waals surface area (Å²) in [7, 11) is 0. The molecular formula is C14H18I. The molecule has 0 fully saturated rings. The Morgan fingerprint density at radius 2 is 2.13 bits per heavy atom. The van der Waals surface area contributed by atoms with Gasteiger partial charge in [-0.2, -0.15) is 0 Å². The first kappa shape index (κ1) is 12.8. The second kappa shape index (κ2) is 6.31. The monoisotopic (exact) mass is 313 g/mol. The number of hydrogen-bond donors (Lipinski definition) is 0. The highest BCUT2D eigenvalue weighted by Crippen LogP contribution is 2.21. The molecule has 0 nitrogen and oxygen atoms in total. The minimum atomic E-state index is 0.208. The van der Waals surface area contributed by atoms with Crippen molar-refractivity contribution in [2.75, 3.05) is 0 Å². The van der Waals surface area contributed by atoms with Gasteiger partial charge in [-0.25, -0.2) is 0 Å². The molecule has 0 heterocycles. The summed E-state index contributed by atoms with van der Waals surface area (Å²) in [4.78, 5) is 0. The number of benzene rings is 1. The molecule has 0 bridgehead atoms. The van der Waals surface area contributed by atoms with Gasteiger partial charge in [0.2, 0.25) is 0 Å². The lowest BCUT2D eigenvalue weighted by atomic mass is 9.97. The lowest BCUT2D eigenvalue weighted by molar-refractivity contribution is 0.793. The highest BCUT2D eigenvalue weighted by molar-refractivity contribution is 14.1. The Kier molecular flexibility index (Phi) is 5.37. The third kappa shape index (κ3) is 3.98. The summed E-state index contributed by atoms with van der Waals surface area (Å²) in [5.41, 5.74) is 2.71. The van der Waals surface area contributed by atoms with Crippen molar-refractivity contribution in [3.05, 3.63) is 52.5 Å². The molecular weight excluding hydrogens is 295 g/mol. The van der Waals surface area contributed by atoms with Crippen molar-refractivity contribution in [1.29, 1.82) is 0 Å². The lowest BCUT2D eigenvalue weighted by Gasteiger charge is -2.10. The van der Waals surface area contributed by atoms with Crippen molar-refractivity contribution in [3.8, 4) is 0 Å².